The minimum atomic E-state index is -4.02. The normalized spacial score (nSPS) is 12.8. The highest BCUT2D eigenvalue weighted by atomic mass is 32.2. The van der Waals surface area contributed by atoms with E-state index in [1.807, 2.05) is 0 Å². The van der Waals surface area contributed by atoms with E-state index in [-0.39, 0.29) is 16.0 Å². The van der Waals surface area contributed by atoms with Crippen LogP contribution >= 0.6 is 0 Å². The third-order valence-corrected chi connectivity index (χ3v) is 4.38. The van der Waals surface area contributed by atoms with E-state index < -0.39 is 28.0 Å². The van der Waals surface area contributed by atoms with Gasteiger partial charge in [-0.25, -0.2) is 13.2 Å². The summed E-state index contributed by atoms with van der Waals surface area (Å²) >= 11 is 0. The fourth-order valence-corrected chi connectivity index (χ4v) is 3.12. The molecule has 1 rings (SSSR count). The quantitative estimate of drug-likeness (QED) is 0.768. The molecule has 0 saturated carbocycles. The molecule has 0 heterocycles. The number of nitrogens with one attached hydrogen (secondary N) is 1. The van der Waals surface area contributed by atoms with Crippen molar-refractivity contribution in [3.63, 3.8) is 0 Å². The molecule has 0 unspecified atom stereocenters. The molecule has 0 amide bonds. The summed E-state index contributed by atoms with van der Waals surface area (Å²) < 4.78 is 30.9. The zero-order valence-corrected chi connectivity index (χ0v) is 12.0. The van der Waals surface area contributed by atoms with Gasteiger partial charge in [0, 0.05) is 0 Å². The lowest BCUT2D eigenvalue weighted by molar-refractivity contribution is -0.142. The third-order valence-electron chi connectivity index (χ3n) is 2.69. The number of methoxy groups -OCH3 is 1. The van der Waals surface area contributed by atoms with Gasteiger partial charge in [-0.15, -0.1) is 0 Å². The summed E-state index contributed by atoms with van der Waals surface area (Å²) in [4.78, 5) is 22.0. The van der Waals surface area contributed by atoms with Crippen molar-refractivity contribution < 1.29 is 27.9 Å². The van der Waals surface area contributed by atoms with Gasteiger partial charge in [-0.05, 0) is 31.5 Å². The second-order valence-corrected chi connectivity index (χ2v) is 5.78. The van der Waals surface area contributed by atoms with Crippen molar-refractivity contribution >= 4 is 22.0 Å². The summed E-state index contributed by atoms with van der Waals surface area (Å²) in [6.07, 6.45) is 0. The maximum absolute atomic E-state index is 12.1. The first kappa shape index (κ1) is 16.1. The Kier molecular flexibility index (Phi) is 4.85. The van der Waals surface area contributed by atoms with E-state index in [4.69, 9.17) is 5.11 Å². The van der Waals surface area contributed by atoms with Gasteiger partial charge in [0.15, 0.2) is 0 Å². The monoisotopic (exact) mass is 301 g/mol. The Morgan fingerprint density at radius 2 is 1.95 bits per heavy atom. The molecule has 1 aromatic carbocycles. The Morgan fingerprint density at radius 3 is 2.45 bits per heavy atom. The van der Waals surface area contributed by atoms with Crippen molar-refractivity contribution in [1.82, 2.24) is 4.72 Å². The number of aromatic carboxylic acids is 1. The fraction of sp³-hybridized carbons (Fsp3) is 0.333. The molecule has 20 heavy (non-hydrogen) atoms. The molecule has 8 heteroatoms. The molecule has 110 valence electrons. The van der Waals surface area contributed by atoms with Crippen molar-refractivity contribution in [2.24, 2.45) is 0 Å². The summed E-state index contributed by atoms with van der Waals surface area (Å²) in [7, 11) is -2.87. The van der Waals surface area contributed by atoms with Crippen LogP contribution in [0, 0.1) is 6.92 Å². The number of carboxylic acids is 1. The Bertz CT molecular complexity index is 637. The van der Waals surface area contributed by atoms with Crippen LogP contribution in [0.3, 0.4) is 0 Å². The molecule has 0 aromatic heterocycles. The molecule has 0 saturated heterocycles. The summed E-state index contributed by atoms with van der Waals surface area (Å²) in [5.74, 6) is -1.96. The molecule has 0 radical (unpaired) electrons. The SMILES string of the molecule is COC(=O)[C@H](C)NS(=O)(=O)c1cccc(C(=O)O)c1C. The lowest BCUT2D eigenvalue weighted by Gasteiger charge is -2.14. The topological polar surface area (TPSA) is 110 Å². The van der Waals surface area contributed by atoms with E-state index in [0.29, 0.717) is 0 Å². The number of esters is 1. The van der Waals surface area contributed by atoms with E-state index >= 15 is 0 Å². The largest absolute Gasteiger partial charge is 0.478 e. The van der Waals surface area contributed by atoms with Crippen molar-refractivity contribution in [1.29, 1.82) is 0 Å². The Morgan fingerprint density at radius 1 is 1.35 bits per heavy atom. The molecule has 2 N–H and O–H groups in total. The average molecular weight is 301 g/mol. The second-order valence-electron chi connectivity index (χ2n) is 4.10. The molecule has 0 bridgehead atoms. The van der Waals surface area contributed by atoms with Crippen LogP contribution in [0.1, 0.15) is 22.8 Å². The van der Waals surface area contributed by atoms with Crippen molar-refractivity contribution in [3.05, 3.63) is 29.3 Å². The Labute approximate surface area is 116 Å². The van der Waals surface area contributed by atoms with Gasteiger partial charge in [-0.3, -0.25) is 4.79 Å². The molecule has 1 aromatic rings. The van der Waals surface area contributed by atoms with E-state index in [1.54, 1.807) is 0 Å². The summed E-state index contributed by atoms with van der Waals surface area (Å²) in [5, 5.41) is 8.97. The van der Waals surface area contributed by atoms with E-state index in [9.17, 15) is 18.0 Å². The minimum Gasteiger partial charge on any atom is -0.478 e. The first-order valence-electron chi connectivity index (χ1n) is 5.63. The van der Waals surface area contributed by atoms with Gasteiger partial charge >= 0.3 is 11.9 Å². The summed E-state index contributed by atoms with van der Waals surface area (Å²) in [5.41, 5.74) is -0.0110. The van der Waals surface area contributed by atoms with Gasteiger partial charge < -0.3 is 9.84 Å². The van der Waals surface area contributed by atoms with E-state index in [2.05, 4.69) is 9.46 Å². The molecule has 0 aliphatic heterocycles. The van der Waals surface area contributed by atoms with E-state index in [0.717, 1.165) is 7.11 Å². The van der Waals surface area contributed by atoms with Crippen molar-refractivity contribution in [2.45, 2.75) is 24.8 Å². The Balaban J connectivity index is 3.20. The van der Waals surface area contributed by atoms with Gasteiger partial charge in [-0.2, -0.15) is 4.72 Å². The molecular formula is C12H15NO6S. The standard InChI is InChI=1S/C12H15NO6S/c1-7-9(11(14)15)5-4-6-10(7)20(17,18)13-8(2)12(16)19-3/h4-6,8,13H,1-3H3,(H,14,15)/t8-/m0/s1. The van der Waals surface area contributed by atoms with Crippen LogP contribution in [-0.2, 0) is 19.6 Å². The van der Waals surface area contributed by atoms with Gasteiger partial charge in [0.1, 0.15) is 6.04 Å². The maximum atomic E-state index is 12.1. The molecule has 0 spiro atoms. The van der Waals surface area contributed by atoms with Crippen LogP contribution in [-0.4, -0.2) is 38.6 Å². The fourth-order valence-electron chi connectivity index (χ4n) is 1.66. The number of ether oxygens (including phenoxy) is 1. The van der Waals surface area contributed by atoms with Gasteiger partial charge in [0.25, 0.3) is 0 Å². The van der Waals surface area contributed by atoms with Crippen LogP contribution in [0.15, 0.2) is 23.1 Å². The third kappa shape index (κ3) is 3.34. The Hall–Kier alpha value is -1.93. The van der Waals surface area contributed by atoms with Crippen molar-refractivity contribution in [2.75, 3.05) is 7.11 Å². The number of rotatable bonds is 5. The van der Waals surface area contributed by atoms with Gasteiger partial charge in [0.2, 0.25) is 10.0 Å². The maximum Gasteiger partial charge on any atom is 0.335 e. The number of benzene rings is 1. The first-order valence-corrected chi connectivity index (χ1v) is 7.12. The lowest BCUT2D eigenvalue weighted by atomic mass is 10.1. The molecule has 7 nitrogen and oxygen atoms in total. The molecule has 0 fully saturated rings. The van der Waals surface area contributed by atoms with Crippen molar-refractivity contribution in [3.8, 4) is 0 Å². The van der Waals surface area contributed by atoms with Crippen LogP contribution in [0.5, 0.6) is 0 Å². The van der Waals surface area contributed by atoms with E-state index in [1.165, 1.54) is 32.0 Å². The number of sulfonamides is 1. The smallest absolute Gasteiger partial charge is 0.335 e. The molecule has 0 aliphatic carbocycles. The number of hydrogen-bond donors (Lipinski definition) is 2. The molecule has 1 atom stereocenters. The zero-order chi connectivity index (χ0) is 15.5. The zero-order valence-electron chi connectivity index (χ0n) is 11.2. The predicted molar refractivity (Wildman–Crippen MR) is 69.9 cm³/mol. The highest BCUT2D eigenvalue weighted by molar-refractivity contribution is 7.89. The number of hydrogen-bond acceptors (Lipinski definition) is 5. The second kappa shape index (κ2) is 6.02. The highest BCUT2D eigenvalue weighted by Crippen LogP contribution is 2.19. The highest BCUT2D eigenvalue weighted by Gasteiger charge is 2.25. The van der Waals surface area contributed by atoms with Gasteiger partial charge in [-0.1, -0.05) is 6.07 Å². The molecular weight excluding hydrogens is 286 g/mol. The number of carbonyl (C=O) groups excluding carboxylic acids is 1. The van der Waals surface area contributed by atoms with Crippen LogP contribution in [0.4, 0.5) is 0 Å². The van der Waals surface area contributed by atoms with Crippen LogP contribution in [0.2, 0.25) is 0 Å². The predicted octanol–water partition coefficient (Wildman–Crippen LogP) is 0.533. The number of carboxylic acid groups (broad SMARTS) is 1. The molecule has 0 aliphatic rings. The number of carbonyl (C=O) groups is 2. The summed E-state index contributed by atoms with van der Waals surface area (Å²) in [6, 6.07) is 2.83. The first-order chi connectivity index (χ1) is 9.20. The van der Waals surface area contributed by atoms with Crippen LogP contribution in [0.25, 0.3) is 0 Å². The minimum absolute atomic E-state index is 0.101. The van der Waals surface area contributed by atoms with Gasteiger partial charge in [0.05, 0.1) is 17.6 Å². The lowest BCUT2D eigenvalue weighted by Crippen LogP contribution is -2.39. The van der Waals surface area contributed by atoms with Crippen LogP contribution < -0.4 is 4.72 Å². The summed E-state index contributed by atoms with van der Waals surface area (Å²) in [6.45, 7) is 2.72. The average Bonchev–Trinajstić information content (AvgIpc) is 2.36.